The van der Waals surface area contributed by atoms with Crippen molar-refractivity contribution in [2.45, 2.75) is 13.1 Å². The number of imidazole rings is 1. The fourth-order valence-electron chi connectivity index (χ4n) is 3.21. The Morgan fingerprint density at radius 2 is 2.03 bits per heavy atom. The van der Waals surface area contributed by atoms with Gasteiger partial charge in [0.15, 0.2) is 4.77 Å². The summed E-state index contributed by atoms with van der Waals surface area (Å²) in [6.07, 6.45) is 5.05. The molecule has 0 bridgehead atoms. The van der Waals surface area contributed by atoms with E-state index in [1.807, 2.05) is 41.1 Å². The predicted octanol–water partition coefficient (Wildman–Crippen LogP) is 3.74. The van der Waals surface area contributed by atoms with E-state index >= 15 is 0 Å². The van der Waals surface area contributed by atoms with E-state index in [1.54, 1.807) is 30.5 Å². The summed E-state index contributed by atoms with van der Waals surface area (Å²) < 4.78 is 3.56. The summed E-state index contributed by atoms with van der Waals surface area (Å²) in [4.78, 5) is 32.7. The van der Waals surface area contributed by atoms with Gasteiger partial charge in [0, 0.05) is 24.5 Å². The van der Waals surface area contributed by atoms with Crippen LogP contribution in [0.4, 0.5) is 5.95 Å². The van der Waals surface area contributed by atoms with Gasteiger partial charge in [0.2, 0.25) is 5.95 Å². The number of hydrogen-bond acceptors (Lipinski definition) is 4. The van der Waals surface area contributed by atoms with Gasteiger partial charge in [0.05, 0.1) is 17.4 Å². The quantitative estimate of drug-likeness (QED) is 0.370. The Labute approximate surface area is 177 Å². The number of H-pyrrole nitrogens is 1. The largest absolute Gasteiger partial charge is 0.332 e. The summed E-state index contributed by atoms with van der Waals surface area (Å²) in [6.45, 7) is 4.55. The molecule has 7 nitrogen and oxygen atoms in total. The molecule has 0 aliphatic carbocycles. The lowest BCUT2D eigenvalue weighted by Gasteiger charge is -2.10. The third-order valence-corrected chi connectivity index (χ3v) is 5.01. The number of amides is 1. The van der Waals surface area contributed by atoms with E-state index in [-0.39, 0.29) is 16.2 Å². The second-order valence-electron chi connectivity index (χ2n) is 6.71. The van der Waals surface area contributed by atoms with Crippen molar-refractivity contribution in [3.63, 3.8) is 0 Å². The number of nitrogens with zero attached hydrogens (tertiary/aromatic N) is 3. The highest BCUT2D eigenvalue weighted by atomic mass is 32.1. The maximum Gasteiger partial charge on any atom is 0.262 e. The molecule has 0 spiro atoms. The number of hydrogen-bond donors (Lipinski definition) is 2. The highest BCUT2D eigenvalue weighted by molar-refractivity contribution is 7.71. The van der Waals surface area contributed by atoms with Gasteiger partial charge in [-0.3, -0.25) is 19.5 Å². The first kappa shape index (κ1) is 19.5. The highest BCUT2D eigenvalue weighted by Crippen LogP contribution is 2.14. The van der Waals surface area contributed by atoms with Gasteiger partial charge >= 0.3 is 0 Å². The molecular formula is C22H19N5O2S. The van der Waals surface area contributed by atoms with E-state index in [9.17, 15) is 9.59 Å². The van der Waals surface area contributed by atoms with Crippen LogP contribution < -0.4 is 10.9 Å². The molecule has 4 aromatic rings. The van der Waals surface area contributed by atoms with E-state index in [2.05, 4.69) is 21.9 Å². The Balaban J connectivity index is 1.61. The lowest BCUT2D eigenvalue weighted by Crippen LogP contribution is -2.22. The second-order valence-corrected chi connectivity index (χ2v) is 7.10. The van der Waals surface area contributed by atoms with Crippen LogP contribution in [0.25, 0.3) is 10.9 Å². The summed E-state index contributed by atoms with van der Waals surface area (Å²) in [5, 5.41) is 3.28. The molecule has 0 saturated heterocycles. The average molecular weight is 417 g/mol. The van der Waals surface area contributed by atoms with Crippen molar-refractivity contribution in [3.8, 4) is 0 Å². The maximum atomic E-state index is 12.8. The first-order valence-electron chi connectivity index (χ1n) is 9.31. The van der Waals surface area contributed by atoms with Crippen molar-refractivity contribution in [3.05, 3.63) is 99.8 Å². The molecule has 8 heteroatoms. The number of allylic oxidation sites excluding steroid dienone is 1. The van der Waals surface area contributed by atoms with Crippen molar-refractivity contribution in [2.24, 2.45) is 0 Å². The minimum absolute atomic E-state index is 0.223. The number of benzene rings is 2. The fraction of sp³-hybridized carbons (Fsp3) is 0.0909. The van der Waals surface area contributed by atoms with E-state index in [0.29, 0.717) is 35.5 Å². The average Bonchev–Trinajstić information content (AvgIpc) is 3.18. The monoisotopic (exact) mass is 417 g/mol. The number of nitrogens with one attached hydrogen (secondary N) is 2. The van der Waals surface area contributed by atoms with E-state index in [4.69, 9.17) is 12.2 Å². The SMILES string of the molecule is C=CCn1c(=S)[nH]c2cc(C(=O)Nc3nccn3Cc3ccccc3)ccc2c1=O. The fourth-order valence-corrected chi connectivity index (χ4v) is 3.47. The Morgan fingerprint density at radius 3 is 2.80 bits per heavy atom. The summed E-state index contributed by atoms with van der Waals surface area (Å²) in [7, 11) is 0. The zero-order chi connectivity index (χ0) is 21.1. The molecular weight excluding hydrogens is 398 g/mol. The number of aromatic amines is 1. The van der Waals surface area contributed by atoms with Crippen LogP contribution in [0, 0.1) is 4.77 Å². The molecule has 2 heterocycles. The molecule has 0 aliphatic rings. The van der Waals surface area contributed by atoms with Crippen molar-refractivity contribution >= 4 is 35.0 Å². The first-order chi connectivity index (χ1) is 14.6. The van der Waals surface area contributed by atoms with E-state index in [0.717, 1.165) is 5.56 Å². The molecule has 4 rings (SSSR count). The van der Waals surface area contributed by atoms with Crippen molar-refractivity contribution in [1.82, 2.24) is 19.1 Å². The normalized spacial score (nSPS) is 10.8. The van der Waals surface area contributed by atoms with Gasteiger partial charge in [0.25, 0.3) is 11.5 Å². The lowest BCUT2D eigenvalue weighted by atomic mass is 10.1. The topological polar surface area (TPSA) is 84.7 Å². The molecule has 30 heavy (non-hydrogen) atoms. The molecule has 2 aromatic heterocycles. The van der Waals surface area contributed by atoms with E-state index < -0.39 is 0 Å². The van der Waals surface area contributed by atoms with Crippen LogP contribution in [-0.4, -0.2) is 25.0 Å². The summed E-state index contributed by atoms with van der Waals surface area (Å²) in [5.74, 6) is 0.116. The zero-order valence-corrected chi connectivity index (χ0v) is 16.9. The van der Waals surface area contributed by atoms with Crippen LogP contribution in [0.2, 0.25) is 0 Å². The number of anilines is 1. The summed E-state index contributed by atoms with van der Waals surface area (Å²) in [6, 6.07) is 14.8. The summed E-state index contributed by atoms with van der Waals surface area (Å²) in [5.41, 5.74) is 1.77. The smallest absolute Gasteiger partial charge is 0.262 e. The van der Waals surface area contributed by atoms with Crippen molar-refractivity contribution < 1.29 is 4.79 Å². The van der Waals surface area contributed by atoms with Gasteiger partial charge in [-0.1, -0.05) is 36.4 Å². The highest BCUT2D eigenvalue weighted by Gasteiger charge is 2.13. The van der Waals surface area contributed by atoms with Gasteiger partial charge in [-0.15, -0.1) is 6.58 Å². The van der Waals surface area contributed by atoms with Gasteiger partial charge in [-0.05, 0) is 36.0 Å². The maximum absolute atomic E-state index is 12.8. The van der Waals surface area contributed by atoms with Gasteiger partial charge in [0.1, 0.15) is 0 Å². The van der Waals surface area contributed by atoms with Gasteiger partial charge in [-0.25, -0.2) is 4.98 Å². The molecule has 2 aromatic carbocycles. The number of carbonyl (C=O) groups excluding carboxylic acids is 1. The summed E-state index contributed by atoms with van der Waals surface area (Å²) >= 11 is 5.26. The van der Waals surface area contributed by atoms with Crippen LogP contribution in [0.1, 0.15) is 15.9 Å². The molecule has 0 radical (unpaired) electrons. The molecule has 150 valence electrons. The van der Waals surface area contributed by atoms with Crippen LogP contribution in [0.15, 0.2) is 78.4 Å². The molecule has 0 aliphatic heterocycles. The van der Waals surface area contributed by atoms with Crippen LogP contribution >= 0.6 is 12.2 Å². The number of aromatic nitrogens is 4. The Bertz CT molecular complexity index is 1350. The third-order valence-electron chi connectivity index (χ3n) is 4.69. The first-order valence-corrected chi connectivity index (χ1v) is 9.72. The third kappa shape index (κ3) is 3.85. The van der Waals surface area contributed by atoms with Crippen molar-refractivity contribution in [1.29, 1.82) is 0 Å². The van der Waals surface area contributed by atoms with E-state index in [1.165, 1.54) is 4.57 Å². The molecule has 1 amide bonds. The van der Waals surface area contributed by atoms with Gasteiger partial charge < -0.3 is 9.55 Å². The van der Waals surface area contributed by atoms with Crippen LogP contribution in [-0.2, 0) is 13.1 Å². The van der Waals surface area contributed by atoms with Crippen molar-refractivity contribution in [2.75, 3.05) is 5.32 Å². The second kappa shape index (κ2) is 8.30. The molecule has 0 saturated carbocycles. The zero-order valence-electron chi connectivity index (χ0n) is 16.0. The number of carbonyl (C=O) groups is 1. The van der Waals surface area contributed by atoms with Crippen LogP contribution in [0.3, 0.4) is 0 Å². The minimum Gasteiger partial charge on any atom is -0.332 e. The minimum atomic E-state index is -0.327. The standard InChI is InChI=1S/C22H19N5O2S/c1-2-11-27-20(29)17-9-8-16(13-18(17)24-22(27)30)19(28)25-21-23-10-12-26(21)14-15-6-4-3-5-7-15/h2-10,12-13H,1,11,14H2,(H,24,30)(H,23,25,28). The Hall–Kier alpha value is -3.78. The number of rotatable bonds is 6. The Morgan fingerprint density at radius 1 is 1.23 bits per heavy atom. The number of fused-ring (bicyclic) bond motifs is 1. The van der Waals surface area contributed by atoms with Crippen LogP contribution in [0.5, 0.6) is 0 Å². The Kier molecular flexibility index (Phi) is 5.40. The lowest BCUT2D eigenvalue weighted by molar-refractivity contribution is 0.102. The predicted molar refractivity (Wildman–Crippen MR) is 119 cm³/mol. The molecule has 0 atom stereocenters. The molecule has 2 N–H and O–H groups in total. The molecule has 0 unspecified atom stereocenters. The van der Waals surface area contributed by atoms with Gasteiger partial charge in [-0.2, -0.15) is 0 Å². The molecule has 0 fully saturated rings.